The molecule has 1 unspecified atom stereocenters. The predicted molar refractivity (Wildman–Crippen MR) is 88.6 cm³/mol. The number of nitrogens with two attached hydrogens (primary N) is 1. The lowest BCUT2D eigenvalue weighted by molar-refractivity contribution is -0.132. The fourth-order valence-electron chi connectivity index (χ4n) is 2.99. The minimum Gasteiger partial charge on any atom is -0.364 e. The Labute approximate surface area is 133 Å². The molecule has 0 radical (unpaired) electrons. The molecule has 0 aliphatic carbocycles. The number of benzene rings is 1. The fraction of sp³-hybridized carbons (Fsp3) is 0.611. The number of hydrogen-bond donors (Lipinski definition) is 2. The molecule has 1 amide bonds. The quantitative estimate of drug-likeness (QED) is 0.775. The van der Waals surface area contributed by atoms with Crippen LogP contribution in [-0.4, -0.2) is 30.7 Å². The Kier molecular flexibility index (Phi) is 6.87. The van der Waals surface area contributed by atoms with Crippen molar-refractivity contribution in [1.29, 1.82) is 0 Å². The molecule has 1 aliphatic rings. The summed E-state index contributed by atoms with van der Waals surface area (Å²) in [5.74, 6) is 0.0301. The van der Waals surface area contributed by atoms with Crippen LogP contribution in [-0.2, 0) is 16.0 Å². The van der Waals surface area contributed by atoms with E-state index >= 15 is 0 Å². The standard InChI is InChI=1S/C18H28N2O2/c1-2-6-15(10-9-14-7-4-3-5-8-14)20-18(21)17-12-11-16(13-19)22-17/h3-5,7-8,15-17H,2,6,9-13,19H2,1H3,(H,20,21)/t15?,16-,17+/m1/s1. The summed E-state index contributed by atoms with van der Waals surface area (Å²) in [4.78, 5) is 12.3. The van der Waals surface area contributed by atoms with Crippen molar-refractivity contribution < 1.29 is 9.53 Å². The van der Waals surface area contributed by atoms with E-state index in [1.54, 1.807) is 0 Å². The van der Waals surface area contributed by atoms with Crippen molar-refractivity contribution in [2.45, 2.75) is 63.7 Å². The van der Waals surface area contributed by atoms with Crippen LogP contribution in [0.15, 0.2) is 30.3 Å². The van der Waals surface area contributed by atoms with Crippen LogP contribution in [0.4, 0.5) is 0 Å². The van der Waals surface area contributed by atoms with Crippen LogP contribution < -0.4 is 11.1 Å². The zero-order valence-electron chi connectivity index (χ0n) is 13.5. The van der Waals surface area contributed by atoms with E-state index in [9.17, 15) is 4.79 Å². The van der Waals surface area contributed by atoms with E-state index < -0.39 is 0 Å². The van der Waals surface area contributed by atoms with E-state index in [2.05, 4.69) is 36.5 Å². The number of ether oxygens (including phenoxy) is 1. The van der Waals surface area contributed by atoms with Crippen molar-refractivity contribution in [1.82, 2.24) is 5.32 Å². The zero-order chi connectivity index (χ0) is 15.8. The number of carbonyl (C=O) groups is 1. The van der Waals surface area contributed by atoms with Crippen molar-refractivity contribution in [2.24, 2.45) is 5.73 Å². The molecule has 1 saturated heterocycles. The summed E-state index contributed by atoms with van der Waals surface area (Å²) in [6.45, 7) is 2.65. The highest BCUT2D eigenvalue weighted by Gasteiger charge is 2.30. The van der Waals surface area contributed by atoms with Crippen molar-refractivity contribution in [3.8, 4) is 0 Å². The number of rotatable bonds is 8. The molecule has 0 spiro atoms. The van der Waals surface area contributed by atoms with Crippen molar-refractivity contribution in [3.05, 3.63) is 35.9 Å². The number of amides is 1. The second-order valence-corrected chi connectivity index (χ2v) is 6.08. The van der Waals surface area contributed by atoms with Crippen LogP contribution in [0.3, 0.4) is 0 Å². The van der Waals surface area contributed by atoms with Crippen molar-refractivity contribution in [2.75, 3.05) is 6.54 Å². The van der Waals surface area contributed by atoms with Gasteiger partial charge >= 0.3 is 0 Å². The fourth-order valence-corrected chi connectivity index (χ4v) is 2.99. The summed E-state index contributed by atoms with van der Waals surface area (Å²) in [5, 5.41) is 3.17. The molecule has 4 heteroatoms. The number of aryl methyl sites for hydroxylation is 1. The van der Waals surface area contributed by atoms with Crippen molar-refractivity contribution in [3.63, 3.8) is 0 Å². The number of hydrogen-bond acceptors (Lipinski definition) is 3. The molecule has 0 aromatic heterocycles. The van der Waals surface area contributed by atoms with E-state index in [-0.39, 0.29) is 24.2 Å². The van der Waals surface area contributed by atoms with Gasteiger partial charge in [-0.15, -0.1) is 0 Å². The molecule has 1 aromatic carbocycles. The molecule has 4 nitrogen and oxygen atoms in total. The number of nitrogens with one attached hydrogen (secondary N) is 1. The lowest BCUT2D eigenvalue weighted by Crippen LogP contribution is -2.42. The van der Waals surface area contributed by atoms with Crippen LogP contribution in [0.1, 0.15) is 44.6 Å². The average Bonchev–Trinajstić information content (AvgIpc) is 3.03. The molecule has 122 valence electrons. The SMILES string of the molecule is CCCC(CCc1ccccc1)NC(=O)[C@@H]1CC[C@H](CN)O1. The van der Waals surface area contributed by atoms with Gasteiger partial charge in [0.1, 0.15) is 6.10 Å². The molecular weight excluding hydrogens is 276 g/mol. The van der Waals surface area contributed by atoms with Gasteiger partial charge in [0.05, 0.1) is 6.10 Å². The Bertz CT molecular complexity index is 450. The van der Waals surface area contributed by atoms with Crippen LogP contribution in [0, 0.1) is 0 Å². The zero-order valence-corrected chi connectivity index (χ0v) is 13.5. The highest BCUT2D eigenvalue weighted by atomic mass is 16.5. The first-order valence-corrected chi connectivity index (χ1v) is 8.42. The van der Waals surface area contributed by atoms with Crippen molar-refractivity contribution >= 4 is 5.91 Å². The maximum Gasteiger partial charge on any atom is 0.249 e. The van der Waals surface area contributed by atoms with Gasteiger partial charge in [0, 0.05) is 12.6 Å². The van der Waals surface area contributed by atoms with Gasteiger partial charge in [-0.3, -0.25) is 4.79 Å². The molecule has 22 heavy (non-hydrogen) atoms. The summed E-state index contributed by atoms with van der Waals surface area (Å²) in [7, 11) is 0. The predicted octanol–water partition coefficient (Wildman–Crippen LogP) is 2.41. The Morgan fingerprint density at radius 2 is 2.09 bits per heavy atom. The van der Waals surface area contributed by atoms with E-state index in [0.717, 1.165) is 38.5 Å². The van der Waals surface area contributed by atoms with Gasteiger partial charge in [-0.2, -0.15) is 0 Å². The minimum atomic E-state index is -0.315. The van der Waals surface area contributed by atoms with Crippen LogP contribution in [0.2, 0.25) is 0 Å². The Morgan fingerprint density at radius 3 is 2.73 bits per heavy atom. The normalized spacial score (nSPS) is 22.5. The van der Waals surface area contributed by atoms with Crippen LogP contribution in [0.5, 0.6) is 0 Å². The maximum atomic E-state index is 12.3. The molecule has 1 aromatic rings. The van der Waals surface area contributed by atoms with Gasteiger partial charge in [0.15, 0.2) is 0 Å². The molecule has 2 rings (SSSR count). The molecule has 1 fully saturated rings. The molecule has 1 heterocycles. The lowest BCUT2D eigenvalue weighted by Gasteiger charge is -2.21. The van der Waals surface area contributed by atoms with E-state index in [0.29, 0.717) is 6.54 Å². The summed E-state index contributed by atoms with van der Waals surface area (Å²) in [5.41, 5.74) is 6.92. The second-order valence-electron chi connectivity index (χ2n) is 6.08. The van der Waals surface area contributed by atoms with Crippen LogP contribution >= 0.6 is 0 Å². The maximum absolute atomic E-state index is 12.3. The third-order valence-electron chi connectivity index (χ3n) is 4.27. The topological polar surface area (TPSA) is 64.4 Å². The summed E-state index contributed by atoms with van der Waals surface area (Å²) in [6.07, 6.45) is 5.43. The first-order valence-electron chi connectivity index (χ1n) is 8.42. The Balaban J connectivity index is 1.81. The van der Waals surface area contributed by atoms with Gasteiger partial charge < -0.3 is 15.8 Å². The summed E-state index contributed by atoms with van der Waals surface area (Å²) >= 11 is 0. The van der Waals surface area contributed by atoms with E-state index in [4.69, 9.17) is 10.5 Å². The first-order chi connectivity index (χ1) is 10.7. The second kappa shape index (κ2) is 8.91. The Hall–Kier alpha value is -1.39. The van der Waals surface area contributed by atoms with E-state index in [1.165, 1.54) is 5.56 Å². The lowest BCUT2D eigenvalue weighted by atomic mass is 10.0. The molecule has 1 aliphatic heterocycles. The van der Waals surface area contributed by atoms with Gasteiger partial charge in [-0.05, 0) is 37.7 Å². The first kappa shape index (κ1) is 17.0. The molecular formula is C18H28N2O2. The monoisotopic (exact) mass is 304 g/mol. The summed E-state index contributed by atoms with van der Waals surface area (Å²) < 4.78 is 5.68. The van der Waals surface area contributed by atoms with Gasteiger partial charge in [-0.25, -0.2) is 0 Å². The third-order valence-corrected chi connectivity index (χ3v) is 4.27. The molecule has 0 saturated carbocycles. The average molecular weight is 304 g/mol. The minimum absolute atomic E-state index is 0.0301. The highest BCUT2D eigenvalue weighted by molar-refractivity contribution is 5.81. The van der Waals surface area contributed by atoms with E-state index in [1.807, 2.05) is 6.07 Å². The number of carbonyl (C=O) groups excluding carboxylic acids is 1. The van der Waals surface area contributed by atoms with Gasteiger partial charge in [-0.1, -0.05) is 43.7 Å². The van der Waals surface area contributed by atoms with Crippen LogP contribution in [0.25, 0.3) is 0 Å². The Morgan fingerprint density at radius 1 is 1.32 bits per heavy atom. The smallest absolute Gasteiger partial charge is 0.249 e. The molecule has 3 atom stereocenters. The van der Waals surface area contributed by atoms with Gasteiger partial charge in [0.25, 0.3) is 0 Å². The largest absolute Gasteiger partial charge is 0.364 e. The summed E-state index contributed by atoms with van der Waals surface area (Å²) in [6, 6.07) is 10.6. The highest BCUT2D eigenvalue weighted by Crippen LogP contribution is 2.19. The van der Waals surface area contributed by atoms with Gasteiger partial charge in [0.2, 0.25) is 5.91 Å². The third kappa shape index (κ3) is 5.11. The molecule has 0 bridgehead atoms. The molecule has 3 N–H and O–H groups in total.